The van der Waals surface area contributed by atoms with E-state index in [4.69, 9.17) is 0 Å². The average Bonchev–Trinajstić information content (AvgIpc) is 3.25. The fourth-order valence-electron chi connectivity index (χ4n) is 6.17. The topological polar surface area (TPSA) is 52.7 Å². The van der Waals surface area contributed by atoms with Crippen molar-refractivity contribution >= 4 is 11.8 Å². The molecule has 1 aromatic rings. The van der Waals surface area contributed by atoms with E-state index in [1.807, 2.05) is 4.90 Å². The molecule has 5 heteroatoms. The molecule has 1 spiro atoms. The molecule has 3 fully saturated rings. The molecule has 28 heavy (non-hydrogen) atoms. The van der Waals surface area contributed by atoms with E-state index in [0.29, 0.717) is 12.5 Å². The highest BCUT2D eigenvalue weighted by molar-refractivity contribution is 5.85. The third-order valence-corrected chi connectivity index (χ3v) is 7.89. The van der Waals surface area contributed by atoms with Gasteiger partial charge in [-0.25, -0.2) is 0 Å². The van der Waals surface area contributed by atoms with E-state index in [1.54, 1.807) is 14.0 Å². The minimum atomic E-state index is -0.368. The summed E-state index contributed by atoms with van der Waals surface area (Å²) in [5.41, 5.74) is 1.25. The van der Waals surface area contributed by atoms with Gasteiger partial charge >= 0.3 is 0 Å². The van der Waals surface area contributed by atoms with Gasteiger partial charge in [-0.05, 0) is 62.1 Å². The van der Waals surface area contributed by atoms with Crippen LogP contribution < -0.4 is 5.32 Å². The zero-order valence-electron chi connectivity index (χ0n) is 17.2. The summed E-state index contributed by atoms with van der Waals surface area (Å²) >= 11 is 0. The molecule has 2 atom stereocenters. The lowest BCUT2D eigenvalue weighted by atomic mass is 9.65. The van der Waals surface area contributed by atoms with Gasteiger partial charge in [0.15, 0.2) is 0 Å². The molecule has 2 heterocycles. The Bertz CT molecular complexity index is 727. The van der Waals surface area contributed by atoms with Gasteiger partial charge < -0.3 is 15.1 Å². The maximum atomic E-state index is 12.9. The normalized spacial score (nSPS) is 29.1. The van der Waals surface area contributed by atoms with Crippen molar-refractivity contribution in [3.8, 4) is 0 Å². The molecule has 0 radical (unpaired) electrons. The lowest BCUT2D eigenvalue weighted by molar-refractivity contribution is -0.133. The Morgan fingerprint density at radius 1 is 1.11 bits per heavy atom. The Balaban J connectivity index is 1.43. The van der Waals surface area contributed by atoms with Crippen LogP contribution in [0.2, 0.25) is 0 Å². The smallest absolute Gasteiger partial charge is 0.228 e. The number of carbonyl (C=O) groups excluding carboxylic acids is 2. The van der Waals surface area contributed by atoms with Crippen LogP contribution in [0.15, 0.2) is 30.3 Å². The van der Waals surface area contributed by atoms with Crippen molar-refractivity contribution in [2.45, 2.75) is 39.0 Å². The van der Waals surface area contributed by atoms with Crippen molar-refractivity contribution < 1.29 is 9.59 Å². The van der Waals surface area contributed by atoms with Gasteiger partial charge in [0.2, 0.25) is 11.8 Å². The third-order valence-electron chi connectivity index (χ3n) is 7.89. The molecule has 2 saturated heterocycles. The van der Waals surface area contributed by atoms with Crippen molar-refractivity contribution in [1.29, 1.82) is 0 Å². The maximum Gasteiger partial charge on any atom is 0.228 e. The van der Waals surface area contributed by atoms with Crippen molar-refractivity contribution in [2.24, 2.45) is 16.7 Å². The minimum absolute atomic E-state index is 0.105. The summed E-state index contributed by atoms with van der Waals surface area (Å²) in [6, 6.07) is 10.7. The fourth-order valence-corrected chi connectivity index (χ4v) is 6.17. The summed E-state index contributed by atoms with van der Waals surface area (Å²) in [5, 5.41) is 2.91. The molecule has 1 aromatic carbocycles. The van der Waals surface area contributed by atoms with E-state index in [9.17, 15) is 9.59 Å². The van der Waals surface area contributed by atoms with Crippen LogP contribution in [0.4, 0.5) is 0 Å². The van der Waals surface area contributed by atoms with Crippen LogP contribution in [0.5, 0.6) is 0 Å². The summed E-state index contributed by atoms with van der Waals surface area (Å²) in [6.07, 6.45) is 5.44. The predicted octanol–water partition coefficient (Wildman–Crippen LogP) is 2.32. The van der Waals surface area contributed by atoms with E-state index in [2.05, 4.69) is 40.5 Å². The number of nitrogens with zero attached hydrogens (tertiary/aromatic N) is 2. The Hall–Kier alpha value is -1.88. The second kappa shape index (κ2) is 7.51. The first-order chi connectivity index (χ1) is 13.5. The summed E-state index contributed by atoms with van der Waals surface area (Å²) in [6.45, 7) is 6.31. The number of piperidine rings is 1. The van der Waals surface area contributed by atoms with E-state index in [-0.39, 0.29) is 22.6 Å². The Kier molecular flexibility index (Phi) is 5.21. The zero-order chi connectivity index (χ0) is 19.8. The number of fused-ring (bicyclic) bond motifs is 2. The van der Waals surface area contributed by atoms with Crippen molar-refractivity contribution in [3.05, 3.63) is 35.9 Å². The molecule has 0 aromatic heterocycles. The van der Waals surface area contributed by atoms with E-state index in [0.717, 1.165) is 58.3 Å². The average molecular weight is 384 g/mol. The lowest BCUT2D eigenvalue weighted by Gasteiger charge is -2.44. The van der Waals surface area contributed by atoms with E-state index < -0.39 is 0 Å². The molecular weight excluding hydrogens is 350 g/mol. The van der Waals surface area contributed by atoms with Gasteiger partial charge in [-0.2, -0.15) is 0 Å². The van der Waals surface area contributed by atoms with Gasteiger partial charge in [-0.1, -0.05) is 30.3 Å². The van der Waals surface area contributed by atoms with Crippen LogP contribution in [0, 0.1) is 16.7 Å². The first kappa shape index (κ1) is 19.4. The second-order valence-electron chi connectivity index (χ2n) is 9.13. The number of likely N-dealkylation sites (tertiary alicyclic amines) is 2. The third kappa shape index (κ3) is 3.24. The second-order valence-corrected chi connectivity index (χ2v) is 9.13. The number of hydrogen-bond donors (Lipinski definition) is 1. The van der Waals surface area contributed by atoms with Gasteiger partial charge in [-0.15, -0.1) is 0 Å². The molecular formula is C23H33N3O2. The molecule has 4 rings (SSSR count). The van der Waals surface area contributed by atoms with Crippen LogP contribution in [0.3, 0.4) is 0 Å². The number of carbonyl (C=O) groups is 2. The van der Waals surface area contributed by atoms with Gasteiger partial charge in [-0.3, -0.25) is 9.59 Å². The summed E-state index contributed by atoms with van der Waals surface area (Å²) in [4.78, 5) is 29.4. The van der Waals surface area contributed by atoms with Crippen molar-refractivity contribution in [3.63, 3.8) is 0 Å². The molecule has 5 nitrogen and oxygen atoms in total. The van der Waals surface area contributed by atoms with Crippen LogP contribution in [0.1, 0.15) is 38.2 Å². The number of amides is 2. The van der Waals surface area contributed by atoms with Gasteiger partial charge in [0.25, 0.3) is 0 Å². The quantitative estimate of drug-likeness (QED) is 0.868. The molecule has 1 saturated carbocycles. The maximum absolute atomic E-state index is 12.9. The largest absolute Gasteiger partial charge is 0.359 e. The number of hydrogen-bond acceptors (Lipinski definition) is 3. The van der Waals surface area contributed by atoms with E-state index in [1.165, 1.54) is 5.56 Å². The number of nitrogens with one attached hydrogen (secondary N) is 1. The standard InChI is InChI=1S/C23H33N3O2/c1-18(27)26-16-20-22(9-10-23(20,17-26)21(28)24-2)11-14-25(15-12-22)13-8-19-6-4-3-5-7-19/h3-7,20H,8-17H2,1-2H3,(H,24,28)/t20-,23+/m0/s1. The minimum Gasteiger partial charge on any atom is -0.359 e. The summed E-state index contributed by atoms with van der Waals surface area (Å²) in [5.74, 6) is 0.554. The number of benzene rings is 1. The van der Waals surface area contributed by atoms with E-state index >= 15 is 0 Å². The highest BCUT2D eigenvalue weighted by Gasteiger charge is 2.64. The highest BCUT2D eigenvalue weighted by Crippen LogP contribution is 2.62. The van der Waals surface area contributed by atoms with Gasteiger partial charge in [0.05, 0.1) is 5.41 Å². The first-order valence-electron chi connectivity index (χ1n) is 10.7. The molecule has 1 aliphatic carbocycles. The predicted molar refractivity (Wildman–Crippen MR) is 110 cm³/mol. The zero-order valence-corrected chi connectivity index (χ0v) is 17.2. The molecule has 2 amide bonds. The van der Waals surface area contributed by atoms with Gasteiger partial charge in [0, 0.05) is 33.6 Å². The Morgan fingerprint density at radius 3 is 2.46 bits per heavy atom. The Labute approximate surface area is 168 Å². The Morgan fingerprint density at radius 2 is 1.82 bits per heavy atom. The lowest BCUT2D eigenvalue weighted by Crippen LogP contribution is -2.48. The summed E-state index contributed by atoms with van der Waals surface area (Å²) in [7, 11) is 1.74. The molecule has 1 N–H and O–H groups in total. The SMILES string of the molecule is CNC(=O)[C@@]12CCC3(CCN(CCc4ccccc4)CC3)[C@@H]1CN(C(C)=O)C2. The summed E-state index contributed by atoms with van der Waals surface area (Å²) < 4.78 is 0. The van der Waals surface area contributed by atoms with Crippen molar-refractivity contribution in [1.82, 2.24) is 15.1 Å². The van der Waals surface area contributed by atoms with Gasteiger partial charge in [0.1, 0.15) is 0 Å². The molecule has 3 aliphatic rings. The fraction of sp³-hybridized carbons (Fsp3) is 0.652. The molecule has 2 aliphatic heterocycles. The van der Waals surface area contributed by atoms with Crippen LogP contribution >= 0.6 is 0 Å². The molecule has 0 bridgehead atoms. The van der Waals surface area contributed by atoms with Crippen LogP contribution in [0.25, 0.3) is 0 Å². The first-order valence-corrected chi connectivity index (χ1v) is 10.7. The van der Waals surface area contributed by atoms with Crippen LogP contribution in [-0.2, 0) is 16.0 Å². The number of rotatable bonds is 4. The highest BCUT2D eigenvalue weighted by atomic mass is 16.2. The van der Waals surface area contributed by atoms with Crippen LogP contribution in [-0.4, -0.2) is 61.4 Å². The molecule has 0 unspecified atom stereocenters. The monoisotopic (exact) mass is 383 g/mol. The molecule has 152 valence electrons. The van der Waals surface area contributed by atoms with Crippen molar-refractivity contribution in [2.75, 3.05) is 39.8 Å².